The molecule has 3 rings (SSSR count). The molecule has 0 spiro atoms. The fourth-order valence-electron chi connectivity index (χ4n) is 3.34. The van der Waals surface area contributed by atoms with Crippen molar-refractivity contribution < 1.29 is 0 Å². The van der Waals surface area contributed by atoms with Gasteiger partial charge in [0.05, 0.1) is 0 Å². The first kappa shape index (κ1) is 12.6. The van der Waals surface area contributed by atoms with Gasteiger partial charge in [-0.25, -0.2) is 0 Å². The van der Waals surface area contributed by atoms with Crippen molar-refractivity contribution in [3.05, 3.63) is 42.2 Å². The second-order valence-corrected chi connectivity index (χ2v) is 6.04. The van der Waals surface area contributed by atoms with Crippen LogP contribution < -0.4 is 5.32 Å². The molecule has 2 nitrogen and oxygen atoms in total. The Kier molecular flexibility index (Phi) is 3.28. The van der Waals surface area contributed by atoms with Gasteiger partial charge >= 0.3 is 0 Å². The quantitative estimate of drug-likeness (QED) is 0.906. The molecule has 1 saturated heterocycles. The van der Waals surface area contributed by atoms with Crippen LogP contribution >= 0.6 is 0 Å². The molecule has 1 aromatic heterocycles. The molecule has 1 aromatic carbocycles. The van der Waals surface area contributed by atoms with E-state index in [4.69, 9.17) is 0 Å². The molecule has 0 aliphatic carbocycles. The van der Waals surface area contributed by atoms with Crippen molar-refractivity contribution in [2.75, 3.05) is 6.54 Å². The smallest absolute Gasteiger partial charge is 0.0346 e. The Morgan fingerprint density at radius 1 is 1.26 bits per heavy atom. The third kappa shape index (κ3) is 2.25. The SMILES string of the molecule is CC(C)C1(Cc2cncc3ccccc23)CCCN1. The summed E-state index contributed by atoms with van der Waals surface area (Å²) < 4.78 is 0. The van der Waals surface area contributed by atoms with Crippen LogP contribution in [0.4, 0.5) is 0 Å². The number of rotatable bonds is 3. The molecule has 0 saturated carbocycles. The predicted molar refractivity (Wildman–Crippen MR) is 80.3 cm³/mol. The van der Waals surface area contributed by atoms with Gasteiger partial charge in [-0.15, -0.1) is 0 Å². The molecule has 2 aromatic rings. The van der Waals surface area contributed by atoms with Gasteiger partial charge in [0, 0.05) is 23.3 Å². The van der Waals surface area contributed by atoms with Gasteiger partial charge in [0.15, 0.2) is 0 Å². The van der Waals surface area contributed by atoms with Crippen LogP contribution in [-0.2, 0) is 6.42 Å². The normalized spacial score (nSPS) is 23.3. The van der Waals surface area contributed by atoms with Crippen LogP contribution in [0.3, 0.4) is 0 Å². The number of fused-ring (bicyclic) bond motifs is 1. The molecule has 1 fully saturated rings. The molecule has 2 heterocycles. The van der Waals surface area contributed by atoms with Crippen LogP contribution in [0.15, 0.2) is 36.7 Å². The fourth-order valence-corrected chi connectivity index (χ4v) is 3.34. The van der Waals surface area contributed by atoms with E-state index >= 15 is 0 Å². The van der Waals surface area contributed by atoms with E-state index in [1.807, 2.05) is 12.4 Å². The van der Waals surface area contributed by atoms with Crippen molar-refractivity contribution >= 4 is 10.8 Å². The second kappa shape index (κ2) is 4.93. The van der Waals surface area contributed by atoms with Crippen molar-refractivity contribution in [3.8, 4) is 0 Å². The lowest BCUT2D eigenvalue weighted by atomic mass is 9.79. The standard InChI is InChI=1S/C17H22N2/c1-13(2)17(8-5-9-19-17)10-15-12-18-11-14-6-3-4-7-16(14)15/h3-4,6-7,11-13,19H,5,8-10H2,1-2H3. The number of hydrogen-bond acceptors (Lipinski definition) is 2. The van der Waals surface area contributed by atoms with Gasteiger partial charge in [-0.1, -0.05) is 38.1 Å². The summed E-state index contributed by atoms with van der Waals surface area (Å²) in [6, 6.07) is 8.57. The lowest BCUT2D eigenvalue weighted by Crippen LogP contribution is -2.46. The summed E-state index contributed by atoms with van der Waals surface area (Å²) in [6.45, 7) is 5.81. The second-order valence-electron chi connectivity index (χ2n) is 6.04. The minimum absolute atomic E-state index is 0.256. The van der Waals surface area contributed by atoms with Crippen LogP contribution in [0.2, 0.25) is 0 Å². The third-order valence-corrected chi connectivity index (χ3v) is 4.64. The Balaban J connectivity index is 2.01. The number of nitrogens with one attached hydrogen (secondary N) is 1. The maximum Gasteiger partial charge on any atom is 0.0346 e. The zero-order chi connectivity index (χ0) is 13.3. The summed E-state index contributed by atoms with van der Waals surface area (Å²) in [5.74, 6) is 0.647. The maximum absolute atomic E-state index is 4.42. The summed E-state index contributed by atoms with van der Waals surface area (Å²) in [6.07, 6.45) is 7.65. The lowest BCUT2D eigenvalue weighted by Gasteiger charge is -2.34. The highest BCUT2D eigenvalue weighted by molar-refractivity contribution is 5.84. The molecular weight excluding hydrogens is 232 g/mol. The molecule has 2 heteroatoms. The van der Waals surface area contributed by atoms with Gasteiger partial charge in [-0.05, 0) is 42.7 Å². The summed E-state index contributed by atoms with van der Waals surface area (Å²) in [5, 5.41) is 6.36. The molecule has 100 valence electrons. The minimum Gasteiger partial charge on any atom is -0.311 e. The summed E-state index contributed by atoms with van der Waals surface area (Å²) in [4.78, 5) is 4.42. The molecule has 19 heavy (non-hydrogen) atoms. The molecule has 1 aliphatic rings. The van der Waals surface area contributed by atoms with Crippen LogP contribution in [0.5, 0.6) is 0 Å². The summed E-state index contributed by atoms with van der Waals surface area (Å²) in [5.41, 5.74) is 1.63. The minimum atomic E-state index is 0.256. The average Bonchev–Trinajstić information content (AvgIpc) is 2.89. The first-order valence-electron chi connectivity index (χ1n) is 7.28. The van der Waals surface area contributed by atoms with Gasteiger partial charge in [0.2, 0.25) is 0 Å². The van der Waals surface area contributed by atoms with Crippen molar-refractivity contribution in [2.24, 2.45) is 5.92 Å². The monoisotopic (exact) mass is 254 g/mol. The van der Waals surface area contributed by atoms with E-state index in [1.54, 1.807) is 0 Å². The van der Waals surface area contributed by atoms with Crippen LogP contribution in [0, 0.1) is 5.92 Å². The van der Waals surface area contributed by atoms with Crippen molar-refractivity contribution in [1.29, 1.82) is 0 Å². The Morgan fingerprint density at radius 3 is 2.84 bits per heavy atom. The van der Waals surface area contributed by atoms with E-state index in [0.29, 0.717) is 5.92 Å². The Morgan fingerprint density at radius 2 is 2.11 bits per heavy atom. The van der Waals surface area contributed by atoms with Crippen LogP contribution in [-0.4, -0.2) is 17.1 Å². The molecule has 1 N–H and O–H groups in total. The lowest BCUT2D eigenvalue weighted by molar-refractivity contribution is 0.270. The molecule has 0 amide bonds. The van der Waals surface area contributed by atoms with E-state index in [9.17, 15) is 0 Å². The molecule has 1 atom stereocenters. The molecule has 1 aliphatic heterocycles. The zero-order valence-corrected chi connectivity index (χ0v) is 11.8. The number of pyridine rings is 1. The maximum atomic E-state index is 4.42. The highest BCUT2D eigenvalue weighted by Gasteiger charge is 2.36. The number of aromatic nitrogens is 1. The molecule has 1 unspecified atom stereocenters. The van der Waals surface area contributed by atoms with Crippen molar-refractivity contribution in [2.45, 2.75) is 38.6 Å². The molecule has 0 radical (unpaired) electrons. The number of hydrogen-bond donors (Lipinski definition) is 1. The average molecular weight is 254 g/mol. The van der Waals surface area contributed by atoms with E-state index < -0.39 is 0 Å². The van der Waals surface area contributed by atoms with E-state index in [-0.39, 0.29) is 5.54 Å². The van der Waals surface area contributed by atoms with E-state index in [0.717, 1.165) is 13.0 Å². The van der Waals surface area contributed by atoms with Crippen molar-refractivity contribution in [3.63, 3.8) is 0 Å². The third-order valence-electron chi connectivity index (χ3n) is 4.64. The number of benzene rings is 1. The number of nitrogens with zero attached hydrogens (tertiary/aromatic N) is 1. The topological polar surface area (TPSA) is 24.9 Å². The summed E-state index contributed by atoms with van der Waals surface area (Å²) >= 11 is 0. The highest BCUT2D eigenvalue weighted by Crippen LogP contribution is 2.33. The van der Waals surface area contributed by atoms with Gasteiger partial charge < -0.3 is 5.32 Å². The first-order valence-corrected chi connectivity index (χ1v) is 7.28. The fraction of sp³-hybridized carbons (Fsp3) is 0.471. The Labute approximate surface area is 115 Å². The Hall–Kier alpha value is -1.41. The largest absolute Gasteiger partial charge is 0.311 e. The molecular formula is C17H22N2. The molecule has 0 bridgehead atoms. The van der Waals surface area contributed by atoms with Gasteiger partial charge in [-0.2, -0.15) is 0 Å². The Bertz CT molecular complexity index is 563. The van der Waals surface area contributed by atoms with E-state index in [1.165, 1.54) is 29.2 Å². The van der Waals surface area contributed by atoms with Crippen LogP contribution in [0.1, 0.15) is 32.3 Å². The van der Waals surface area contributed by atoms with E-state index in [2.05, 4.69) is 48.4 Å². The summed E-state index contributed by atoms with van der Waals surface area (Å²) in [7, 11) is 0. The highest BCUT2D eigenvalue weighted by atomic mass is 15.0. The van der Waals surface area contributed by atoms with Gasteiger partial charge in [-0.3, -0.25) is 4.98 Å². The van der Waals surface area contributed by atoms with Crippen molar-refractivity contribution in [1.82, 2.24) is 10.3 Å². The van der Waals surface area contributed by atoms with Crippen LogP contribution in [0.25, 0.3) is 10.8 Å². The van der Waals surface area contributed by atoms with Gasteiger partial charge in [0.1, 0.15) is 0 Å². The van der Waals surface area contributed by atoms with Gasteiger partial charge in [0.25, 0.3) is 0 Å². The predicted octanol–water partition coefficient (Wildman–Crippen LogP) is 3.56. The first-order chi connectivity index (χ1) is 9.21. The zero-order valence-electron chi connectivity index (χ0n) is 11.8.